The molecule has 0 radical (unpaired) electrons. The summed E-state index contributed by atoms with van der Waals surface area (Å²) >= 11 is 0. The molecule has 0 unspecified atom stereocenters. The molecule has 3 amide bonds. The van der Waals surface area contributed by atoms with Gasteiger partial charge in [0, 0.05) is 31.4 Å². The highest BCUT2D eigenvalue weighted by molar-refractivity contribution is 6.01. The molecule has 1 saturated heterocycles. The Morgan fingerprint density at radius 3 is 1.21 bits per heavy atom. The monoisotopic (exact) mass is 882 g/mol. The molecule has 62 heavy (non-hydrogen) atoms. The van der Waals surface area contributed by atoms with Crippen molar-refractivity contribution in [3.63, 3.8) is 0 Å². The van der Waals surface area contributed by atoms with Crippen LogP contribution in [0.15, 0.2) is 24.3 Å². The fourth-order valence-corrected chi connectivity index (χ4v) is 4.88. The van der Waals surface area contributed by atoms with Crippen LogP contribution in [0.4, 0.5) is 0 Å². The summed E-state index contributed by atoms with van der Waals surface area (Å²) in [4.78, 5) is 51.4. The predicted octanol–water partition coefficient (Wildman–Crippen LogP) is 0.428. The summed E-state index contributed by atoms with van der Waals surface area (Å²) in [7, 11) is 0. The maximum Gasteiger partial charge on any atom is 0.335 e. The molecule has 1 aromatic heterocycles. The van der Waals surface area contributed by atoms with Crippen molar-refractivity contribution in [3.8, 4) is 11.4 Å². The summed E-state index contributed by atoms with van der Waals surface area (Å²) in [5.41, 5.74) is 1.75. The van der Waals surface area contributed by atoms with E-state index < -0.39 is 17.8 Å². The molecule has 1 aliphatic heterocycles. The Kier molecular flexibility index (Phi) is 29.7. The van der Waals surface area contributed by atoms with E-state index in [2.05, 4.69) is 25.7 Å². The molecule has 1 N–H and O–H groups in total. The Bertz CT molecular complexity index is 1480. The number of hydrogen-bond donors (Lipinski definition) is 1. The molecule has 0 aliphatic carbocycles. The molecule has 3 rings (SSSR count). The lowest BCUT2D eigenvalue weighted by Gasteiger charge is -2.12. The molecule has 1 aromatic carbocycles. The standard InChI is InChI=1S/C40H62N6O16/c1-33-42-44-40(45-43-33)35-4-2-34(3-5-35)32-41-36(47)8-10-51-12-14-53-16-18-55-20-22-57-24-26-59-28-30-61-31-29-60-27-25-58-23-21-56-19-17-54-15-13-52-11-9-39(50)62-46-37(48)6-7-38(46)49/h2-5H,6-32H2,1H3,(H,41,47). The van der Waals surface area contributed by atoms with Crippen molar-refractivity contribution in [2.75, 3.05) is 145 Å². The molecule has 2 heterocycles. The molecular formula is C40H62N6O16. The molecule has 2 aromatic rings. The third-order valence-electron chi connectivity index (χ3n) is 8.12. The van der Waals surface area contributed by atoms with Gasteiger partial charge in [-0.1, -0.05) is 24.3 Å². The number of amides is 3. The van der Waals surface area contributed by atoms with Crippen LogP contribution >= 0.6 is 0 Å². The number of benzene rings is 1. The van der Waals surface area contributed by atoms with E-state index in [0.29, 0.717) is 155 Å². The van der Waals surface area contributed by atoms with Gasteiger partial charge in [-0.15, -0.1) is 25.5 Å². The van der Waals surface area contributed by atoms with Crippen LogP contribution in [0, 0.1) is 6.92 Å². The third kappa shape index (κ3) is 26.3. The van der Waals surface area contributed by atoms with Gasteiger partial charge in [-0.3, -0.25) is 14.4 Å². The number of ether oxygens (including phenoxy) is 11. The first-order chi connectivity index (χ1) is 30.4. The average Bonchev–Trinajstić information content (AvgIpc) is 3.59. The van der Waals surface area contributed by atoms with E-state index in [4.69, 9.17) is 56.9 Å². The SMILES string of the molecule is Cc1nnc(-c2ccc(CNC(=O)CCOCCOCCOCCOCCOCCOCCOCCOCCOCCOCCOCCC(=O)ON3C(=O)CCC3=O)cc2)nn1. The third-order valence-corrected chi connectivity index (χ3v) is 8.12. The van der Waals surface area contributed by atoms with Gasteiger partial charge in [-0.05, 0) is 12.5 Å². The van der Waals surface area contributed by atoms with Crippen molar-refractivity contribution >= 4 is 23.7 Å². The number of hydroxylamine groups is 2. The van der Waals surface area contributed by atoms with Crippen molar-refractivity contribution in [2.45, 2.75) is 39.2 Å². The second kappa shape index (κ2) is 35.3. The van der Waals surface area contributed by atoms with Crippen LogP contribution in [0.1, 0.15) is 37.1 Å². The topological polar surface area (TPSA) is 246 Å². The molecule has 0 atom stereocenters. The molecule has 0 saturated carbocycles. The zero-order valence-electron chi connectivity index (χ0n) is 35.7. The Morgan fingerprint density at radius 1 is 0.500 bits per heavy atom. The normalized spacial score (nSPS) is 12.7. The summed E-state index contributed by atoms with van der Waals surface area (Å²) in [6, 6.07) is 7.53. The van der Waals surface area contributed by atoms with Gasteiger partial charge in [0.05, 0.1) is 152 Å². The molecule has 22 heteroatoms. The van der Waals surface area contributed by atoms with Crippen molar-refractivity contribution < 1.29 is 76.1 Å². The minimum Gasteiger partial charge on any atom is -0.379 e. The number of nitrogens with one attached hydrogen (secondary N) is 1. The smallest absolute Gasteiger partial charge is 0.335 e. The van der Waals surface area contributed by atoms with Gasteiger partial charge >= 0.3 is 5.97 Å². The van der Waals surface area contributed by atoms with Gasteiger partial charge in [0.2, 0.25) is 11.7 Å². The van der Waals surface area contributed by atoms with Crippen LogP contribution in [-0.4, -0.2) is 195 Å². The van der Waals surface area contributed by atoms with Crippen LogP contribution < -0.4 is 5.32 Å². The van der Waals surface area contributed by atoms with Crippen molar-refractivity contribution in [1.29, 1.82) is 0 Å². The van der Waals surface area contributed by atoms with Crippen LogP contribution in [-0.2, 0) is 82.7 Å². The molecule has 1 aliphatic rings. The molecule has 348 valence electrons. The number of aryl methyl sites for hydroxylation is 1. The summed E-state index contributed by atoms with van der Waals surface area (Å²) < 4.78 is 60.0. The Hall–Kier alpha value is -4.20. The van der Waals surface area contributed by atoms with E-state index in [1.165, 1.54) is 0 Å². The lowest BCUT2D eigenvalue weighted by Crippen LogP contribution is -2.32. The Morgan fingerprint density at radius 2 is 0.839 bits per heavy atom. The minimum atomic E-state index is -0.705. The van der Waals surface area contributed by atoms with Gasteiger partial charge in [0.25, 0.3) is 11.8 Å². The van der Waals surface area contributed by atoms with Gasteiger partial charge < -0.3 is 62.3 Å². The average molecular weight is 883 g/mol. The van der Waals surface area contributed by atoms with Gasteiger partial charge in [-0.25, -0.2) is 4.79 Å². The van der Waals surface area contributed by atoms with Crippen molar-refractivity contribution in [3.05, 3.63) is 35.7 Å². The number of nitrogens with zero attached hydrogens (tertiary/aromatic N) is 5. The summed E-state index contributed by atoms with van der Waals surface area (Å²) in [5.74, 6) is -0.872. The second-order valence-corrected chi connectivity index (χ2v) is 13.0. The van der Waals surface area contributed by atoms with Crippen LogP contribution in [0.3, 0.4) is 0 Å². The minimum absolute atomic E-state index is 0.0533. The maximum atomic E-state index is 12.1. The Balaban J connectivity index is 0.918. The first-order valence-electron chi connectivity index (χ1n) is 20.7. The lowest BCUT2D eigenvalue weighted by atomic mass is 10.1. The van der Waals surface area contributed by atoms with E-state index in [0.717, 1.165) is 11.1 Å². The highest BCUT2D eigenvalue weighted by Gasteiger charge is 2.32. The van der Waals surface area contributed by atoms with E-state index >= 15 is 0 Å². The number of rotatable bonds is 40. The first kappa shape index (κ1) is 52.1. The van der Waals surface area contributed by atoms with E-state index in [1.807, 2.05) is 24.3 Å². The first-order valence-corrected chi connectivity index (χ1v) is 20.7. The zero-order valence-corrected chi connectivity index (χ0v) is 35.7. The van der Waals surface area contributed by atoms with Crippen LogP contribution in [0.25, 0.3) is 11.4 Å². The van der Waals surface area contributed by atoms with Crippen molar-refractivity contribution in [2.24, 2.45) is 0 Å². The molecular weight excluding hydrogens is 820 g/mol. The summed E-state index contributed by atoms with van der Waals surface area (Å²) in [6.45, 7) is 11.0. The van der Waals surface area contributed by atoms with Gasteiger partial charge in [0.15, 0.2) is 5.82 Å². The molecule has 0 spiro atoms. The van der Waals surface area contributed by atoms with E-state index in [1.54, 1.807) is 6.92 Å². The summed E-state index contributed by atoms with van der Waals surface area (Å²) in [5, 5.41) is 19.3. The Labute approximate surface area is 361 Å². The number of hydrogen-bond acceptors (Lipinski definition) is 20. The number of carbonyl (C=O) groups excluding carboxylic acids is 4. The molecule has 0 bridgehead atoms. The summed E-state index contributed by atoms with van der Waals surface area (Å²) in [6.07, 6.45) is 0.284. The van der Waals surface area contributed by atoms with Gasteiger partial charge in [0.1, 0.15) is 0 Å². The van der Waals surface area contributed by atoms with E-state index in [-0.39, 0.29) is 44.8 Å². The van der Waals surface area contributed by atoms with Crippen LogP contribution in [0.5, 0.6) is 0 Å². The quantitative estimate of drug-likeness (QED) is 0.0704. The van der Waals surface area contributed by atoms with E-state index in [9.17, 15) is 19.2 Å². The fourth-order valence-electron chi connectivity index (χ4n) is 4.88. The molecule has 1 fully saturated rings. The fraction of sp³-hybridized carbons (Fsp3) is 0.700. The highest BCUT2D eigenvalue weighted by atomic mass is 16.7. The van der Waals surface area contributed by atoms with Crippen molar-refractivity contribution in [1.82, 2.24) is 30.8 Å². The number of aromatic nitrogens is 4. The predicted molar refractivity (Wildman–Crippen MR) is 215 cm³/mol. The highest BCUT2D eigenvalue weighted by Crippen LogP contribution is 2.14. The number of carbonyl (C=O) groups is 4. The largest absolute Gasteiger partial charge is 0.379 e. The lowest BCUT2D eigenvalue weighted by molar-refractivity contribution is -0.198. The second-order valence-electron chi connectivity index (χ2n) is 13.0. The van der Waals surface area contributed by atoms with Gasteiger partial charge in [-0.2, -0.15) is 0 Å². The maximum absolute atomic E-state index is 12.1. The molecule has 22 nitrogen and oxygen atoms in total. The number of imide groups is 1. The zero-order chi connectivity index (χ0) is 44.1. The van der Waals surface area contributed by atoms with Crippen LogP contribution in [0.2, 0.25) is 0 Å².